The highest BCUT2D eigenvalue weighted by atomic mass is 32.1. The van der Waals surface area contributed by atoms with Gasteiger partial charge < -0.3 is 0 Å². The van der Waals surface area contributed by atoms with Gasteiger partial charge in [0.2, 0.25) is 0 Å². The fourth-order valence-corrected chi connectivity index (χ4v) is 3.50. The van der Waals surface area contributed by atoms with Crippen molar-refractivity contribution in [2.75, 3.05) is 0 Å². The zero-order valence-corrected chi connectivity index (χ0v) is 12.9. The summed E-state index contributed by atoms with van der Waals surface area (Å²) in [6.07, 6.45) is 1.62. The zero-order valence-electron chi connectivity index (χ0n) is 12.1. The molecule has 0 radical (unpaired) electrons. The first-order valence-electron chi connectivity index (χ1n) is 6.76. The van der Waals surface area contributed by atoms with E-state index in [0.717, 1.165) is 26.4 Å². The predicted octanol–water partition coefficient (Wildman–Crippen LogP) is 4.01. The number of aromatic nitrogens is 2. The number of rotatable bonds is 3. The Morgan fingerprint density at radius 1 is 1.33 bits per heavy atom. The van der Waals surface area contributed by atoms with Crippen LogP contribution in [0.3, 0.4) is 0 Å². The van der Waals surface area contributed by atoms with E-state index < -0.39 is 0 Å². The molecule has 0 bridgehead atoms. The van der Waals surface area contributed by atoms with Gasteiger partial charge in [0.05, 0.1) is 11.7 Å². The Morgan fingerprint density at radius 3 is 2.71 bits per heavy atom. The van der Waals surface area contributed by atoms with Crippen LogP contribution in [0.4, 0.5) is 0 Å². The molecule has 0 atom stereocenters. The summed E-state index contributed by atoms with van der Waals surface area (Å²) in [6, 6.07) is 10.0. The maximum Gasteiger partial charge on any atom is 0.263 e. The second-order valence-corrected chi connectivity index (χ2v) is 6.42. The Labute approximate surface area is 127 Å². The summed E-state index contributed by atoms with van der Waals surface area (Å²) in [4.78, 5) is 19.1. The molecule has 1 aromatic carbocycles. The standard InChI is InChI=1S/C17H16N2OS/c1-11(2)9-19-10-18-16-15(17(19)20)14(12(3)21-16)13-7-5-4-6-8-13/h4-8,10H,1,9H2,2-3H3. The van der Waals surface area contributed by atoms with Crippen LogP contribution in [0.15, 0.2) is 53.6 Å². The minimum atomic E-state index is 0.00574. The number of thiophene rings is 1. The number of hydrogen-bond acceptors (Lipinski definition) is 3. The van der Waals surface area contributed by atoms with Crippen LogP contribution in [0.5, 0.6) is 0 Å². The van der Waals surface area contributed by atoms with Crippen molar-refractivity contribution in [1.82, 2.24) is 9.55 Å². The average molecular weight is 296 g/mol. The fourth-order valence-electron chi connectivity index (χ4n) is 2.49. The minimum Gasteiger partial charge on any atom is -0.295 e. The van der Waals surface area contributed by atoms with Crippen molar-refractivity contribution in [3.63, 3.8) is 0 Å². The molecule has 106 valence electrons. The molecule has 21 heavy (non-hydrogen) atoms. The molecule has 3 nitrogen and oxygen atoms in total. The van der Waals surface area contributed by atoms with Gasteiger partial charge in [-0.15, -0.1) is 11.3 Å². The number of fused-ring (bicyclic) bond motifs is 1. The van der Waals surface area contributed by atoms with Crippen LogP contribution in [0.1, 0.15) is 11.8 Å². The Morgan fingerprint density at radius 2 is 2.05 bits per heavy atom. The molecule has 0 aliphatic rings. The summed E-state index contributed by atoms with van der Waals surface area (Å²) < 4.78 is 1.63. The lowest BCUT2D eigenvalue weighted by Gasteiger charge is -2.06. The topological polar surface area (TPSA) is 34.9 Å². The zero-order chi connectivity index (χ0) is 15.0. The largest absolute Gasteiger partial charge is 0.295 e. The highest BCUT2D eigenvalue weighted by Crippen LogP contribution is 2.35. The molecule has 2 heterocycles. The Hall–Kier alpha value is -2.20. The minimum absolute atomic E-state index is 0.00574. The van der Waals surface area contributed by atoms with E-state index in [4.69, 9.17) is 0 Å². The van der Waals surface area contributed by atoms with Crippen LogP contribution >= 0.6 is 11.3 Å². The van der Waals surface area contributed by atoms with E-state index in [1.54, 1.807) is 22.2 Å². The Kier molecular flexibility index (Phi) is 3.47. The molecular formula is C17H16N2OS. The normalized spacial score (nSPS) is 11.0. The molecule has 0 N–H and O–H groups in total. The van der Waals surface area contributed by atoms with Crippen molar-refractivity contribution < 1.29 is 0 Å². The van der Waals surface area contributed by atoms with Gasteiger partial charge in [-0.1, -0.05) is 42.5 Å². The number of aryl methyl sites for hydroxylation is 1. The highest BCUT2D eigenvalue weighted by molar-refractivity contribution is 7.19. The molecule has 0 saturated carbocycles. The molecule has 0 aliphatic carbocycles. The van der Waals surface area contributed by atoms with Crippen molar-refractivity contribution in [2.24, 2.45) is 0 Å². The van der Waals surface area contributed by atoms with Gasteiger partial charge in [0, 0.05) is 17.0 Å². The lowest BCUT2D eigenvalue weighted by Crippen LogP contribution is -2.20. The van der Waals surface area contributed by atoms with Gasteiger partial charge in [-0.25, -0.2) is 4.98 Å². The van der Waals surface area contributed by atoms with Crippen LogP contribution < -0.4 is 5.56 Å². The number of benzene rings is 1. The second kappa shape index (κ2) is 5.30. The van der Waals surface area contributed by atoms with Crippen LogP contribution in [0.25, 0.3) is 21.3 Å². The molecule has 0 aliphatic heterocycles. The van der Waals surface area contributed by atoms with Gasteiger partial charge in [-0.3, -0.25) is 9.36 Å². The molecule has 0 amide bonds. The van der Waals surface area contributed by atoms with E-state index in [1.807, 2.05) is 44.2 Å². The van der Waals surface area contributed by atoms with Crippen LogP contribution in [-0.2, 0) is 6.54 Å². The molecule has 2 aromatic heterocycles. The van der Waals surface area contributed by atoms with E-state index in [-0.39, 0.29) is 5.56 Å². The van der Waals surface area contributed by atoms with Crippen molar-refractivity contribution in [3.8, 4) is 11.1 Å². The van der Waals surface area contributed by atoms with E-state index in [1.165, 1.54) is 0 Å². The number of allylic oxidation sites excluding steroid dienone is 1. The maximum absolute atomic E-state index is 12.8. The first kappa shape index (κ1) is 13.8. The molecule has 3 rings (SSSR count). The summed E-state index contributed by atoms with van der Waals surface area (Å²) in [5.74, 6) is 0. The summed E-state index contributed by atoms with van der Waals surface area (Å²) in [7, 11) is 0. The summed E-state index contributed by atoms with van der Waals surface area (Å²) >= 11 is 1.57. The van der Waals surface area contributed by atoms with Gasteiger partial charge in [-0.05, 0) is 19.4 Å². The SMILES string of the molecule is C=C(C)Cn1cnc2sc(C)c(-c3ccccc3)c2c1=O. The summed E-state index contributed by atoms with van der Waals surface area (Å²) in [5, 5.41) is 0.715. The van der Waals surface area contributed by atoms with Crippen LogP contribution in [0, 0.1) is 6.92 Å². The Bertz CT molecular complexity index is 875. The number of nitrogens with zero attached hydrogens (tertiary/aromatic N) is 2. The summed E-state index contributed by atoms with van der Waals surface area (Å²) in [5.41, 5.74) is 3.01. The first-order chi connectivity index (χ1) is 10.1. The molecule has 0 fully saturated rings. The third-order valence-electron chi connectivity index (χ3n) is 3.36. The van der Waals surface area contributed by atoms with Crippen LogP contribution in [0.2, 0.25) is 0 Å². The lowest BCUT2D eigenvalue weighted by molar-refractivity contribution is 0.739. The van der Waals surface area contributed by atoms with Gasteiger partial charge in [0.25, 0.3) is 5.56 Å². The van der Waals surface area contributed by atoms with Gasteiger partial charge in [-0.2, -0.15) is 0 Å². The average Bonchev–Trinajstić information content (AvgIpc) is 2.79. The summed E-state index contributed by atoms with van der Waals surface area (Å²) in [6.45, 7) is 8.33. The quantitative estimate of drug-likeness (QED) is 0.684. The lowest BCUT2D eigenvalue weighted by atomic mass is 10.0. The second-order valence-electron chi connectivity index (χ2n) is 5.21. The molecule has 0 unspecified atom stereocenters. The molecule has 0 spiro atoms. The maximum atomic E-state index is 12.8. The van der Waals surface area contributed by atoms with Gasteiger partial charge in [0.1, 0.15) is 4.83 Å². The van der Waals surface area contributed by atoms with Crippen molar-refractivity contribution >= 4 is 21.6 Å². The highest BCUT2D eigenvalue weighted by Gasteiger charge is 2.16. The smallest absolute Gasteiger partial charge is 0.263 e. The van der Waals surface area contributed by atoms with Crippen molar-refractivity contribution in [1.29, 1.82) is 0 Å². The van der Waals surface area contributed by atoms with Crippen LogP contribution in [-0.4, -0.2) is 9.55 Å². The Balaban J connectivity index is 2.32. The molecule has 3 aromatic rings. The van der Waals surface area contributed by atoms with Crippen molar-refractivity contribution in [2.45, 2.75) is 20.4 Å². The first-order valence-corrected chi connectivity index (χ1v) is 7.58. The molecule has 0 saturated heterocycles. The van der Waals surface area contributed by atoms with E-state index in [9.17, 15) is 4.79 Å². The van der Waals surface area contributed by atoms with E-state index in [0.29, 0.717) is 11.9 Å². The molecule has 4 heteroatoms. The fraction of sp³-hybridized carbons (Fsp3) is 0.176. The van der Waals surface area contributed by atoms with Gasteiger partial charge >= 0.3 is 0 Å². The van der Waals surface area contributed by atoms with E-state index in [2.05, 4.69) is 11.6 Å². The number of hydrogen-bond donors (Lipinski definition) is 0. The predicted molar refractivity (Wildman–Crippen MR) is 88.9 cm³/mol. The monoisotopic (exact) mass is 296 g/mol. The van der Waals surface area contributed by atoms with E-state index >= 15 is 0 Å². The van der Waals surface area contributed by atoms with Gasteiger partial charge in [0.15, 0.2) is 0 Å². The third kappa shape index (κ3) is 2.43. The third-order valence-corrected chi connectivity index (χ3v) is 4.37. The molecular weight excluding hydrogens is 280 g/mol. The van der Waals surface area contributed by atoms with Crippen molar-refractivity contribution in [3.05, 3.63) is 64.0 Å².